The molecule has 2 aromatic carbocycles. The first kappa shape index (κ1) is 23.8. The molecule has 0 aliphatic heterocycles. The number of hydrogen-bond donors (Lipinski definition) is 5. The first-order valence-electron chi connectivity index (χ1n) is 10.7. The summed E-state index contributed by atoms with van der Waals surface area (Å²) in [5, 5.41) is 25.1. The van der Waals surface area contributed by atoms with Crippen molar-refractivity contribution in [3.8, 4) is 23.0 Å². The van der Waals surface area contributed by atoms with E-state index < -0.39 is 12.7 Å². The number of aliphatic hydroxyl groups excluding tert-OH is 2. The molecule has 11 heteroatoms. The van der Waals surface area contributed by atoms with E-state index in [1.54, 1.807) is 42.6 Å². The number of anilines is 1. The van der Waals surface area contributed by atoms with Gasteiger partial charge in [-0.15, -0.1) is 0 Å². The van der Waals surface area contributed by atoms with Gasteiger partial charge >= 0.3 is 6.03 Å². The lowest BCUT2D eigenvalue weighted by Gasteiger charge is -2.16. The number of rotatable bonds is 10. The third-order valence-corrected chi connectivity index (χ3v) is 5.29. The van der Waals surface area contributed by atoms with Crippen LogP contribution in [0.5, 0.6) is 23.0 Å². The second-order valence-corrected chi connectivity index (χ2v) is 8.11. The van der Waals surface area contributed by atoms with E-state index in [9.17, 15) is 9.90 Å². The van der Waals surface area contributed by atoms with Crippen molar-refractivity contribution in [3.63, 3.8) is 0 Å². The zero-order chi connectivity index (χ0) is 24.1. The molecule has 180 valence electrons. The Balaban J connectivity index is 1.55. The Kier molecular flexibility index (Phi) is 7.53. The molecule has 0 radical (unpaired) electrons. The molecule has 0 saturated heterocycles. The number of pyridine rings is 1. The highest BCUT2D eigenvalue weighted by atomic mass is 35.5. The number of halogens is 1. The Morgan fingerprint density at radius 2 is 1.97 bits per heavy atom. The molecule has 0 spiro atoms. The van der Waals surface area contributed by atoms with Crippen LogP contribution in [0.25, 0.3) is 10.9 Å². The Labute approximate surface area is 200 Å². The third-order valence-electron chi connectivity index (χ3n) is 4.98. The SMILES string of the molecule is NCOc1cc2c(Oc3ccc(NC(=O)NC4CC4)c(Cl)c3)ccnc2cc1OC[C@@H](O)CO. The monoisotopic (exact) mass is 488 g/mol. The van der Waals surface area contributed by atoms with Crippen molar-refractivity contribution in [1.29, 1.82) is 0 Å². The van der Waals surface area contributed by atoms with Crippen molar-refractivity contribution >= 4 is 34.2 Å². The first-order valence-corrected chi connectivity index (χ1v) is 11.1. The van der Waals surface area contributed by atoms with Crippen molar-refractivity contribution in [2.45, 2.75) is 25.0 Å². The number of hydrogen-bond acceptors (Lipinski definition) is 8. The van der Waals surface area contributed by atoms with Crippen LogP contribution in [-0.4, -0.2) is 53.3 Å². The lowest BCUT2D eigenvalue weighted by molar-refractivity contribution is 0.0525. The minimum Gasteiger partial charge on any atom is -0.487 e. The fourth-order valence-electron chi connectivity index (χ4n) is 3.13. The number of urea groups is 1. The molecular formula is C23H25ClN4O6. The van der Waals surface area contributed by atoms with Gasteiger partial charge < -0.3 is 35.1 Å². The van der Waals surface area contributed by atoms with E-state index in [-0.39, 0.29) is 25.4 Å². The van der Waals surface area contributed by atoms with Crippen LogP contribution < -0.4 is 30.6 Å². The number of nitrogens with zero attached hydrogens (tertiary/aromatic N) is 1. The highest BCUT2D eigenvalue weighted by Gasteiger charge is 2.23. The largest absolute Gasteiger partial charge is 0.487 e. The summed E-state index contributed by atoms with van der Waals surface area (Å²) in [6, 6.07) is 9.89. The zero-order valence-electron chi connectivity index (χ0n) is 18.2. The van der Waals surface area contributed by atoms with E-state index in [4.69, 9.17) is 36.7 Å². The summed E-state index contributed by atoms with van der Waals surface area (Å²) < 4.78 is 17.1. The highest BCUT2D eigenvalue weighted by molar-refractivity contribution is 6.33. The van der Waals surface area contributed by atoms with Gasteiger partial charge in [0.05, 0.1) is 22.8 Å². The average molecular weight is 489 g/mol. The number of ether oxygens (including phenoxy) is 3. The van der Waals surface area contributed by atoms with Gasteiger partial charge in [0.2, 0.25) is 0 Å². The summed E-state index contributed by atoms with van der Waals surface area (Å²) >= 11 is 6.35. The number of aliphatic hydroxyl groups is 2. The van der Waals surface area contributed by atoms with Gasteiger partial charge in [-0.3, -0.25) is 10.7 Å². The number of carbonyl (C=O) groups excluding carboxylic acids is 1. The molecule has 4 rings (SSSR count). The molecule has 10 nitrogen and oxygen atoms in total. The molecule has 2 amide bonds. The summed E-state index contributed by atoms with van der Waals surface area (Å²) in [6.07, 6.45) is 2.52. The van der Waals surface area contributed by atoms with Gasteiger partial charge in [0.25, 0.3) is 0 Å². The number of fused-ring (bicyclic) bond motifs is 1. The van der Waals surface area contributed by atoms with E-state index in [2.05, 4.69) is 15.6 Å². The highest BCUT2D eigenvalue weighted by Crippen LogP contribution is 2.38. The van der Waals surface area contributed by atoms with Gasteiger partial charge in [0, 0.05) is 29.8 Å². The second kappa shape index (κ2) is 10.7. The fraction of sp³-hybridized carbons (Fsp3) is 0.304. The van der Waals surface area contributed by atoms with Gasteiger partial charge in [-0.1, -0.05) is 11.6 Å². The zero-order valence-corrected chi connectivity index (χ0v) is 18.9. The molecule has 1 atom stereocenters. The summed E-state index contributed by atoms with van der Waals surface area (Å²) in [5.74, 6) is 1.59. The lowest BCUT2D eigenvalue weighted by atomic mass is 10.1. The Morgan fingerprint density at radius 1 is 1.18 bits per heavy atom. The third kappa shape index (κ3) is 5.97. The van der Waals surface area contributed by atoms with Crippen molar-refractivity contribution in [2.75, 3.05) is 25.3 Å². The predicted octanol–water partition coefficient (Wildman–Crippen LogP) is 2.99. The molecule has 1 aliphatic carbocycles. The number of carbonyl (C=O) groups is 1. The second-order valence-electron chi connectivity index (χ2n) is 7.70. The molecule has 1 saturated carbocycles. The molecular weight excluding hydrogens is 464 g/mol. The number of amides is 2. The lowest BCUT2D eigenvalue weighted by Crippen LogP contribution is -2.30. The number of aromatic nitrogens is 1. The molecule has 0 unspecified atom stereocenters. The van der Waals surface area contributed by atoms with E-state index >= 15 is 0 Å². The van der Waals surface area contributed by atoms with Crippen LogP contribution in [0.2, 0.25) is 5.02 Å². The van der Waals surface area contributed by atoms with E-state index in [1.165, 1.54) is 0 Å². The summed E-state index contributed by atoms with van der Waals surface area (Å²) in [7, 11) is 0. The Bertz CT molecular complexity index is 1170. The van der Waals surface area contributed by atoms with E-state index in [0.29, 0.717) is 44.6 Å². The average Bonchev–Trinajstić information content (AvgIpc) is 3.63. The van der Waals surface area contributed by atoms with Crippen LogP contribution >= 0.6 is 11.6 Å². The van der Waals surface area contributed by atoms with Crippen LogP contribution in [0.3, 0.4) is 0 Å². The van der Waals surface area contributed by atoms with Gasteiger partial charge in [-0.2, -0.15) is 0 Å². The molecule has 1 aliphatic rings. The van der Waals surface area contributed by atoms with E-state index in [1.807, 2.05) is 0 Å². The predicted molar refractivity (Wildman–Crippen MR) is 127 cm³/mol. The summed E-state index contributed by atoms with van der Waals surface area (Å²) in [5.41, 5.74) is 6.57. The van der Waals surface area contributed by atoms with Crippen molar-refractivity contribution in [2.24, 2.45) is 5.73 Å². The first-order chi connectivity index (χ1) is 16.5. The Morgan fingerprint density at radius 3 is 2.68 bits per heavy atom. The summed E-state index contributed by atoms with van der Waals surface area (Å²) in [6.45, 7) is -0.658. The summed E-state index contributed by atoms with van der Waals surface area (Å²) in [4.78, 5) is 16.3. The normalized spacial score (nSPS) is 13.9. The molecule has 6 N–H and O–H groups in total. The molecule has 0 bridgehead atoms. The minimum absolute atomic E-state index is 0.0979. The van der Waals surface area contributed by atoms with Crippen LogP contribution in [0.15, 0.2) is 42.6 Å². The molecule has 1 aromatic heterocycles. The Hall–Kier alpha value is -3.31. The van der Waals surface area contributed by atoms with Crippen LogP contribution in [-0.2, 0) is 0 Å². The standard InChI is InChI=1S/C23H25ClN4O6/c24-17-7-15(3-4-18(17)28-23(31)27-13-1-2-13)34-20-5-6-26-19-9-22(32-11-14(30)10-29)21(33-12-25)8-16(19)20/h3-9,13-14,29-30H,1-2,10-12,25H2,(H2,27,28,31)/t14-/m0/s1. The maximum absolute atomic E-state index is 12.0. The molecule has 34 heavy (non-hydrogen) atoms. The van der Waals surface area contributed by atoms with Crippen LogP contribution in [0, 0.1) is 0 Å². The van der Waals surface area contributed by atoms with Crippen LogP contribution in [0.4, 0.5) is 10.5 Å². The molecule has 1 fully saturated rings. The number of nitrogens with one attached hydrogen (secondary N) is 2. The van der Waals surface area contributed by atoms with Gasteiger partial charge in [0.15, 0.2) is 11.5 Å². The molecule has 1 heterocycles. The van der Waals surface area contributed by atoms with E-state index in [0.717, 1.165) is 12.8 Å². The quantitative estimate of drug-likeness (QED) is 0.273. The van der Waals surface area contributed by atoms with Crippen molar-refractivity contribution in [1.82, 2.24) is 10.3 Å². The number of nitrogens with two attached hydrogens (primary N) is 1. The smallest absolute Gasteiger partial charge is 0.319 e. The van der Waals surface area contributed by atoms with Crippen molar-refractivity contribution < 1.29 is 29.2 Å². The maximum atomic E-state index is 12.0. The maximum Gasteiger partial charge on any atom is 0.319 e. The fourth-order valence-corrected chi connectivity index (χ4v) is 3.35. The van der Waals surface area contributed by atoms with Crippen LogP contribution in [0.1, 0.15) is 12.8 Å². The molecule has 3 aromatic rings. The number of benzene rings is 2. The van der Waals surface area contributed by atoms with Gasteiger partial charge in [-0.05, 0) is 37.1 Å². The van der Waals surface area contributed by atoms with Crippen molar-refractivity contribution in [3.05, 3.63) is 47.6 Å². The van der Waals surface area contributed by atoms with Gasteiger partial charge in [0.1, 0.15) is 30.9 Å². The topological polar surface area (TPSA) is 148 Å². The minimum atomic E-state index is -1.04. The van der Waals surface area contributed by atoms with Gasteiger partial charge in [-0.25, -0.2) is 4.79 Å².